The van der Waals surface area contributed by atoms with Gasteiger partial charge in [0.25, 0.3) is 0 Å². The number of ether oxygens (including phenoxy) is 1. The fourth-order valence-corrected chi connectivity index (χ4v) is 1.60. The van der Waals surface area contributed by atoms with Gasteiger partial charge in [0.15, 0.2) is 11.4 Å². The summed E-state index contributed by atoms with van der Waals surface area (Å²) in [4.78, 5) is 14.8. The van der Waals surface area contributed by atoms with Gasteiger partial charge in [0.05, 0.1) is 0 Å². The molecular formula is C13H10ClNO3. The van der Waals surface area contributed by atoms with Crippen molar-refractivity contribution in [3.8, 4) is 11.5 Å². The predicted octanol–water partition coefficient (Wildman–Crippen LogP) is 3.53. The number of aromatic nitrogens is 1. The van der Waals surface area contributed by atoms with Crippen molar-refractivity contribution in [2.24, 2.45) is 0 Å². The number of hydrogen-bond donors (Lipinski definition) is 1. The molecule has 18 heavy (non-hydrogen) atoms. The van der Waals surface area contributed by atoms with E-state index < -0.39 is 5.97 Å². The van der Waals surface area contributed by atoms with Crippen LogP contribution in [0.15, 0.2) is 36.5 Å². The molecule has 0 amide bonds. The SMILES string of the molecule is Cc1ccc(Cl)cc1Oc1cccnc1C(=O)O. The fourth-order valence-electron chi connectivity index (χ4n) is 1.44. The van der Waals surface area contributed by atoms with Crippen molar-refractivity contribution in [2.45, 2.75) is 6.92 Å². The van der Waals surface area contributed by atoms with Crippen molar-refractivity contribution < 1.29 is 14.6 Å². The Hall–Kier alpha value is -2.07. The summed E-state index contributed by atoms with van der Waals surface area (Å²) in [5.74, 6) is -0.432. The molecule has 0 radical (unpaired) electrons. The van der Waals surface area contributed by atoms with Gasteiger partial charge in [0.2, 0.25) is 0 Å². The molecule has 0 fully saturated rings. The summed E-state index contributed by atoms with van der Waals surface area (Å²) in [6.45, 7) is 1.85. The lowest BCUT2D eigenvalue weighted by molar-refractivity contribution is 0.0687. The van der Waals surface area contributed by atoms with Crippen LogP contribution in [0.5, 0.6) is 11.5 Å². The van der Waals surface area contributed by atoms with E-state index >= 15 is 0 Å². The van der Waals surface area contributed by atoms with Crippen LogP contribution in [-0.4, -0.2) is 16.1 Å². The maximum atomic E-state index is 11.0. The minimum atomic E-state index is -1.13. The lowest BCUT2D eigenvalue weighted by Gasteiger charge is -2.10. The number of carbonyl (C=O) groups is 1. The quantitative estimate of drug-likeness (QED) is 0.920. The monoisotopic (exact) mass is 263 g/mol. The summed E-state index contributed by atoms with van der Waals surface area (Å²) in [5, 5.41) is 9.52. The lowest BCUT2D eigenvalue weighted by atomic mass is 10.2. The van der Waals surface area contributed by atoms with Gasteiger partial charge in [0.1, 0.15) is 5.75 Å². The van der Waals surface area contributed by atoms with E-state index in [1.165, 1.54) is 6.20 Å². The molecule has 4 nitrogen and oxygen atoms in total. The lowest BCUT2D eigenvalue weighted by Crippen LogP contribution is -2.03. The molecule has 0 atom stereocenters. The van der Waals surface area contributed by atoms with Gasteiger partial charge >= 0.3 is 5.97 Å². The Balaban J connectivity index is 2.40. The van der Waals surface area contributed by atoms with Crippen LogP contribution in [0.3, 0.4) is 0 Å². The molecule has 1 aromatic heterocycles. The van der Waals surface area contributed by atoms with Crippen LogP contribution >= 0.6 is 11.6 Å². The highest BCUT2D eigenvalue weighted by atomic mass is 35.5. The van der Waals surface area contributed by atoms with Crippen molar-refractivity contribution in [2.75, 3.05) is 0 Å². The molecule has 0 aliphatic heterocycles. The Kier molecular flexibility index (Phi) is 3.48. The molecule has 0 spiro atoms. The number of hydrogen-bond acceptors (Lipinski definition) is 3. The van der Waals surface area contributed by atoms with Gasteiger partial charge in [-0.25, -0.2) is 9.78 Å². The van der Waals surface area contributed by atoms with E-state index in [4.69, 9.17) is 21.4 Å². The average molecular weight is 264 g/mol. The Morgan fingerprint density at radius 3 is 2.83 bits per heavy atom. The maximum absolute atomic E-state index is 11.0. The minimum absolute atomic E-state index is 0.128. The minimum Gasteiger partial charge on any atom is -0.476 e. The average Bonchev–Trinajstić information content (AvgIpc) is 2.34. The molecule has 1 N–H and O–H groups in total. The van der Waals surface area contributed by atoms with Gasteiger partial charge in [-0.15, -0.1) is 0 Å². The number of carboxylic acid groups (broad SMARTS) is 1. The highest BCUT2D eigenvalue weighted by Crippen LogP contribution is 2.29. The standard InChI is InChI=1S/C13H10ClNO3/c1-8-4-5-9(14)7-11(8)18-10-3-2-6-15-12(10)13(16)17/h2-7H,1H3,(H,16,17). The number of pyridine rings is 1. The summed E-state index contributed by atoms with van der Waals surface area (Å²) in [7, 11) is 0. The molecule has 5 heteroatoms. The van der Waals surface area contributed by atoms with Crippen LogP contribution in [0.2, 0.25) is 5.02 Å². The van der Waals surface area contributed by atoms with Crippen LogP contribution < -0.4 is 4.74 Å². The number of nitrogens with zero attached hydrogens (tertiary/aromatic N) is 1. The summed E-state index contributed by atoms with van der Waals surface area (Å²) in [6.07, 6.45) is 1.40. The van der Waals surface area contributed by atoms with Crippen molar-refractivity contribution in [1.29, 1.82) is 0 Å². The van der Waals surface area contributed by atoms with Crippen LogP contribution in [0.25, 0.3) is 0 Å². The first-order chi connectivity index (χ1) is 8.58. The second kappa shape index (κ2) is 5.06. The molecule has 92 valence electrons. The zero-order valence-electron chi connectivity index (χ0n) is 9.55. The maximum Gasteiger partial charge on any atom is 0.358 e. The molecule has 0 bridgehead atoms. The topological polar surface area (TPSA) is 59.4 Å². The Labute approximate surface area is 109 Å². The number of aryl methyl sites for hydroxylation is 1. The summed E-state index contributed by atoms with van der Waals surface area (Å²) < 4.78 is 5.55. The van der Waals surface area contributed by atoms with Crippen molar-refractivity contribution >= 4 is 17.6 Å². The normalized spacial score (nSPS) is 10.1. The third-order valence-electron chi connectivity index (χ3n) is 2.34. The third kappa shape index (κ3) is 2.60. The van der Waals surface area contributed by atoms with Crippen LogP contribution in [0.4, 0.5) is 0 Å². The van der Waals surface area contributed by atoms with Gasteiger partial charge in [-0.2, -0.15) is 0 Å². The second-order valence-electron chi connectivity index (χ2n) is 3.67. The number of rotatable bonds is 3. The highest BCUT2D eigenvalue weighted by Gasteiger charge is 2.13. The molecule has 2 aromatic rings. The van der Waals surface area contributed by atoms with Crippen LogP contribution in [-0.2, 0) is 0 Å². The van der Waals surface area contributed by atoms with Gasteiger partial charge < -0.3 is 9.84 Å². The molecule has 1 aromatic carbocycles. The van der Waals surface area contributed by atoms with E-state index in [-0.39, 0.29) is 11.4 Å². The van der Waals surface area contributed by atoms with Crippen molar-refractivity contribution in [1.82, 2.24) is 4.98 Å². The van der Waals surface area contributed by atoms with E-state index in [0.717, 1.165) is 5.56 Å². The van der Waals surface area contributed by atoms with Gasteiger partial charge in [-0.05, 0) is 36.8 Å². The zero-order valence-corrected chi connectivity index (χ0v) is 10.3. The van der Waals surface area contributed by atoms with Gasteiger partial charge in [0, 0.05) is 11.2 Å². The molecule has 1 heterocycles. The smallest absolute Gasteiger partial charge is 0.358 e. The molecule has 0 saturated heterocycles. The number of carboxylic acids is 1. The predicted molar refractivity (Wildman–Crippen MR) is 67.5 cm³/mol. The third-order valence-corrected chi connectivity index (χ3v) is 2.58. The summed E-state index contributed by atoms with van der Waals surface area (Å²) in [6, 6.07) is 8.34. The van der Waals surface area contributed by atoms with Crippen LogP contribution in [0, 0.1) is 6.92 Å². The number of benzene rings is 1. The first-order valence-electron chi connectivity index (χ1n) is 5.20. The van der Waals surface area contributed by atoms with Crippen LogP contribution in [0.1, 0.15) is 16.1 Å². The molecule has 0 aliphatic carbocycles. The van der Waals surface area contributed by atoms with E-state index in [1.807, 2.05) is 6.92 Å². The van der Waals surface area contributed by atoms with E-state index in [1.54, 1.807) is 30.3 Å². The Bertz CT molecular complexity index is 599. The first-order valence-corrected chi connectivity index (χ1v) is 5.58. The Morgan fingerprint density at radius 2 is 2.11 bits per heavy atom. The van der Waals surface area contributed by atoms with E-state index in [2.05, 4.69) is 4.98 Å². The summed E-state index contributed by atoms with van der Waals surface area (Å²) >= 11 is 5.87. The zero-order chi connectivity index (χ0) is 13.1. The summed E-state index contributed by atoms with van der Waals surface area (Å²) in [5.41, 5.74) is 0.733. The van der Waals surface area contributed by atoms with Gasteiger partial charge in [-0.1, -0.05) is 17.7 Å². The second-order valence-corrected chi connectivity index (χ2v) is 4.10. The van der Waals surface area contributed by atoms with E-state index in [0.29, 0.717) is 10.8 Å². The highest BCUT2D eigenvalue weighted by molar-refractivity contribution is 6.30. The van der Waals surface area contributed by atoms with Crippen molar-refractivity contribution in [3.63, 3.8) is 0 Å². The Morgan fingerprint density at radius 1 is 1.33 bits per heavy atom. The molecule has 0 aliphatic rings. The largest absolute Gasteiger partial charge is 0.476 e. The molecular weight excluding hydrogens is 254 g/mol. The first kappa shape index (κ1) is 12.4. The van der Waals surface area contributed by atoms with Gasteiger partial charge in [-0.3, -0.25) is 0 Å². The number of halogens is 1. The number of aromatic carboxylic acids is 1. The van der Waals surface area contributed by atoms with Crippen molar-refractivity contribution in [3.05, 3.63) is 52.8 Å². The molecule has 2 rings (SSSR count). The fraction of sp³-hybridized carbons (Fsp3) is 0.0769. The molecule has 0 saturated carbocycles. The molecule has 0 unspecified atom stereocenters. The van der Waals surface area contributed by atoms with E-state index in [9.17, 15) is 4.79 Å².